The molecule has 2 aromatic heterocycles. The smallest absolute Gasteiger partial charge is 0.288 e. The molecule has 0 unspecified atom stereocenters. The summed E-state index contributed by atoms with van der Waals surface area (Å²) in [6.45, 7) is 2.30. The highest BCUT2D eigenvalue weighted by Crippen LogP contribution is 2.25. The van der Waals surface area contributed by atoms with Gasteiger partial charge in [-0.15, -0.1) is 15.3 Å². The second-order valence-corrected chi connectivity index (χ2v) is 5.83. The summed E-state index contributed by atoms with van der Waals surface area (Å²) in [6.07, 6.45) is 5.19. The van der Waals surface area contributed by atoms with Crippen molar-refractivity contribution in [2.75, 3.05) is 24.5 Å². The molecule has 0 fully saturated rings. The summed E-state index contributed by atoms with van der Waals surface area (Å²) < 4.78 is 1.53. The van der Waals surface area contributed by atoms with Crippen LogP contribution in [0.2, 0.25) is 0 Å². The van der Waals surface area contributed by atoms with E-state index in [-0.39, 0.29) is 11.7 Å². The zero-order chi connectivity index (χ0) is 17.1. The van der Waals surface area contributed by atoms with Gasteiger partial charge in [0, 0.05) is 25.3 Å². The number of anilines is 1. The lowest BCUT2D eigenvalue weighted by molar-refractivity contribution is 0.0944. The van der Waals surface area contributed by atoms with Crippen molar-refractivity contribution in [3.8, 4) is 5.95 Å². The molecular weight excluding hydrogens is 320 g/mol. The Morgan fingerprint density at radius 3 is 2.96 bits per heavy atom. The van der Waals surface area contributed by atoms with Crippen LogP contribution in [0, 0.1) is 0 Å². The van der Waals surface area contributed by atoms with E-state index in [9.17, 15) is 4.79 Å². The first kappa shape index (κ1) is 15.3. The van der Waals surface area contributed by atoms with Gasteiger partial charge in [0.15, 0.2) is 0 Å². The number of aromatic amines is 1. The van der Waals surface area contributed by atoms with E-state index in [4.69, 9.17) is 0 Å². The normalized spacial score (nSPS) is 13.5. The van der Waals surface area contributed by atoms with Crippen molar-refractivity contribution in [2.45, 2.75) is 12.8 Å². The van der Waals surface area contributed by atoms with Gasteiger partial charge in [-0.2, -0.15) is 4.98 Å². The lowest BCUT2D eigenvalue weighted by atomic mass is 10.0. The fourth-order valence-corrected chi connectivity index (χ4v) is 3.01. The van der Waals surface area contributed by atoms with Gasteiger partial charge in [0.25, 0.3) is 11.9 Å². The Hall–Kier alpha value is -3.23. The maximum absolute atomic E-state index is 12.2. The monoisotopic (exact) mass is 338 g/mol. The zero-order valence-electron chi connectivity index (χ0n) is 13.6. The lowest BCUT2D eigenvalue weighted by Gasteiger charge is -2.31. The van der Waals surface area contributed by atoms with E-state index in [0.29, 0.717) is 12.5 Å². The van der Waals surface area contributed by atoms with Crippen LogP contribution in [0.4, 0.5) is 5.69 Å². The zero-order valence-corrected chi connectivity index (χ0v) is 13.6. The quantitative estimate of drug-likeness (QED) is 0.705. The van der Waals surface area contributed by atoms with Crippen LogP contribution in [-0.4, -0.2) is 55.5 Å². The highest BCUT2D eigenvalue weighted by molar-refractivity contribution is 5.90. The number of carbonyl (C=O) groups is 1. The SMILES string of the molecule is O=C(NCCN1CCCc2ccccc21)c1nc(-n2cnnc2)n[nH]1. The number of rotatable bonds is 5. The van der Waals surface area contributed by atoms with Crippen molar-refractivity contribution in [3.63, 3.8) is 0 Å². The summed E-state index contributed by atoms with van der Waals surface area (Å²) in [5.41, 5.74) is 2.63. The van der Waals surface area contributed by atoms with Crippen molar-refractivity contribution in [1.82, 2.24) is 35.3 Å². The molecule has 0 bridgehead atoms. The van der Waals surface area contributed by atoms with Crippen molar-refractivity contribution < 1.29 is 4.79 Å². The Morgan fingerprint density at radius 1 is 1.24 bits per heavy atom. The van der Waals surface area contributed by atoms with Crippen molar-refractivity contribution in [2.24, 2.45) is 0 Å². The molecule has 3 aromatic rings. The standard InChI is InChI=1S/C16H18N8O/c25-15(14-20-16(22-21-14)24-10-18-19-11-24)17-7-9-23-8-3-5-12-4-1-2-6-13(12)23/h1-2,4,6,10-11H,3,5,7-9H2,(H,17,25)(H,20,21,22). The summed E-state index contributed by atoms with van der Waals surface area (Å²) in [7, 11) is 0. The van der Waals surface area contributed by atoms with Gasteiger partial charge in [-0.25, -0.2) is 0 Å². The van der Waals surface area contributed by atoms with E-state index in [0.717, 1.165) is 25.9 Å². The highest BCUT2D eigenvalue weighted by Gasteiger charge is 2.17. The molecule has 1 aromatic carbocycles. The Labute approximate surface area is 144 Å². The molecule has 0 atom stereocenters. The molecular formula is C16H18N8O. The lowest BCUT2D eigenvalue weighted by Crippen LogP contribution is -2.37. The fraction of sp³-hybridized carbons (Fsp3) is 0.312. The molecule has 4 rings (SSSR count). The Kier molecular flexibility index (Phi) is 4.11. The molecule has 128 valence electrons. The number of aromatic nitrogens is 6. The summed E-state index contributed by atoms with van der Waals surface area (Å²) in [6, 6.07) is 8.43. The van der Waals surface area contributed by atoms with Gasteiger partial charge in [0.05, 0.1) is 0 Å². The molecule has 3 heterocycles. The number of hydrogen-bond donors (Lipinski definition) is 2. The molecule has 9 nitrogen and oxygen atoms in total. The molecule has 1 amide bonds. The average Bonchev–Trinajstić information content (AvgIpc) is 3.33. The molecule has 2 N–H and O–H groups in total. The van der Waals surface area contributed by atoms with Crippen LogP contribution in [0.3, 0.4) is 0 Å². The van der Waals surface area contributed by atoms with Gasteiger partial charge in [0.1, 0.15) is 12.7 Å². The molecule has 0 aliphatic carbocycles. The summed E-state index contributed by atoms with van der Waals surface area (Å²) in [5.74, 6) is 0.222. The number of fused-ring (bicyclic) bond motifs is 1. The Morgan fingerprint density at radius 2 is 2.08 bits per heavy atom. The molecule has 0 saturated carbocycles. The van der Waals surface area contributed by atoms with Crippen molar-refractivity contribution in [3.05, 3.63) is 48.3 Å². The average molecular weight is 338 g/mol. The van der Waals surface area contributed by atoms with E-state index >= 15 is 0 Å². The van der Waals surface area contributed by atoms with Gasteiger partial charge < -0.3 is 10.2 Å². The third kappa shape index (κ3) is 3.21. The van der Waals surface area contributed by atoms with E-state index in [1.54, 1.807) is 0 Å². The first-order chi connectivity index (χ1) is 12.3. The van der Waals surface area contributed by atoms with Crippen LogP contribution in [0.5, 0.6) is 0 Å². The first-order valence-electron chi connectivity index (χ1n) is 8.20. The van der Waals surface area contributed by atoms with Crippen LogP contribution in [0.15, 0.2) is 36.9 Å². The van der Waals surface area contributed by atoms with E-state index in [2.05, 4.69) is 59.9 Å². The third-order valence-corrected chi connectivity index (χ3v) is 4.21. The maximum Gasteiger partial charge on any atom is 0.288 e. The van der Waals surface area contributed by atoms with Crippen LogP contribution < -0.4 is 10.2 Å². The summed E-state index contributed by atoms with van der Waals surface area (Å²) >= 11 is 0. The number of nitrogens with one attached hydrogen (secondary N) is 2. The molecule has 25 heavy (non-hydrogen) atoms. The molecule has 9 heteroatoms. The second-order valence-electron chi connectivity index (χ2n) is 5.83. The summed E-state index contributed by atoms with van der Waals surface area (Å²) in [5, 5.41) is 16.9. The minimum atomic E-state index is -0.280. The molecule has 1 aliphatic rings. The summed E-state index contributed by atoms with van der Waals surface area (Å²) in [4.78, 5) is 18.7. The van der Waals surface area contributed by atoms with Crippen molar-refractivity contribution >= 4 is 11.6 Å². The second kappa shape index (κ2) is 6.71. The number of aryl methyl sites for hydroxylation is 1. The van der Waals surface area contributed by atoms with Gasteiger partial charge >= 0.3 is 0 Å². The molecule has 1 aliphatic heterocycles. The fourth-order valence-electron chi connectivity index (χ4n) is 3.01. The molecule has 0 radical (unpaired) electrons. The van der Waals surface area contributed by atoms with E-state index < -0.39 is 0 Å². The van der Waals surface area contributed by atoms with Crippen LogP contribution in [0.25, 0.3) is 5.95 Å². The van der Waals surface area contributed by atoms with Gasteiger partial charge in [0.2, 0.25) is 5.82 Å². The number of hydrogen-bond acceptors (Lipinski definition) is 6. The predicted molar refractivity (Wildman–Crippen MR) is 90.6 cm³/mol. The number of H-pyrrole nitrogens is 1. The minimum Gasteiger partial charge on any atom is -0.370 e. The Balaban J connectivity index is 1.34. The third-order valence-electron chi connectivity index (χ3n) is 4.21. The molecule has 0 saturated heterocycles. The number of carbonyl (C=O) groups excluding carboxylic acids is 1. The maximum atomic E-state index is 12.2. The number of nitrogens with zero attached hydrogens (tertiary/aromatic N) is 6. The van der Waals surface area contributed by atoms with Gasteiger partial charge in [-0.1, -0.05) is 18.2 Å². The minimum absolute atomic E-state index is 0.169. The van der Waals surface area contributed by atoms with E-state index in [1.807, 2.05) is 0 Å². The predicted octanol–water partition coefficient (Wildman–Crippen LogP) is 0.568. The number of para-hydroxylation sites is 1. The number of benzene rings is 1. The number of amides is 1. The Bertz CT molecular complexity index is 857. The topological polar surface area (TPSA) is 105 Å². The highest BCUT2D eigenvalue weighted by atomic mass is 16.2. The molecule has 0 spiro atoms. The van der Waals surface area contributed by atoms with Crippen LogP contribution in [0.1, 0.15) is 22.6 Å². The van der Waals surface area contributed by atoms with Crippen LogP contribution >= 0.6 is 0 Å². The van der Waals surface area contributed by atoms with Gasteiger partial charge in [-0.3, -0.25) is 14.5 Å². The van der Waals surface area contributed by atoms with Gasteiger partial charge in [-0.05, 0) is 24.5 Å². The van der Waals surface area contributed by atoms with E-state index in [1.165, 1.54) is 28.5 Å². The first-order valence-corrected chi connectivity index (χ1v) is 8.20. The van der Waals surface area contributed by atoms with Crippen molar-refractivity contribution in [1.29, 1.82) is 0 Å². The van der Waals surface area contributed by atoms with Crippen LogP contribution in [-0.2, 0) is 6.42 Å². The largest absolute Gasteiger partial charge is 0.370 e.